The number of rotatable bonds is 0. The molecular formula is C25H17N2S+. The van der Waals surface area contributed by atoms with Crippen LogP contribution in [0.15, 0.2) is 66.2 Å². The van der Waals surface area contributed by atoms with Gasteiger partial charge in [-0.1, -0.05) is 30.3 Å². The molecule has 0 aliphatic carbocycles. The van der Waals surface area contributed by atoms with Gasteiger partial charge in [0.05, 0.1) is 21.1 Å². The highest BCUT2D eigenvalue weighted by Gasteiger charge is 2.25. The molecule has 7 rings (SSSR count). The van der Waals surface area contributed by atoms with Crippen LogP contribution in [0, 0.1) is 6.92 Å². The second-order valence-corrected chi connectivity index (χ2v) is 8.73. The molecule has 0 N–H and O–H groups in total. The molecule has 0 bridgehead atoms. The number of thiophene rings is 1. The van der Waals surface area contributed by atoms with E-state index in [9.17, 15) is 0 Å². The highest BCUT2D eigenvalue weighted by molar-refractivity contribution is 7.18. The first-order valence-electron chi connectivity index (χ1n) is 9.60. The van der Waals surface area contributed by atoms with Crippen molar-refractivity contribution >= 4 is 70.4 Å². The highest BCUT2D eigenvalue weighted by Crippen LogP contribution is 2.43. The Balaban J connectivity index is 2.06. The van der Waals surface area contributed by atoms with Gasteiger partial charge in [-0.05, 0) is 46.8 Å². The van der Waals surface area contributed by atoms with Crippen molar-refractivity contribution in [2.75, 3.05) is 0 Å². The summed E-state index contributed by atoms with van der Waals surface area (Å²) in [5.74, 6) is 0. The summed E-state index contributed by atoms with van der Waals surface area (Å²) in [5.41, 5.74) is 6.63. The van der Waals surface area contributed by atoms with Gasteiger partial charge < -0.3 is 4.40 Å². The van der Waals surface area contributed by atoms with Crippen LogP contribution < -0.4 is 4.57 Å². The van der Waals surface area contributed by atoms with Crippen molar-refractivity contribution < 1.29 is 4.57 Å². The van der Waals surface area contributed by atoms with Gasteiger partial charge in [0.1, 0.15) is 12.6 Å². The molecule has 3 heteroatoms. The first kappa shape index (κ1) is 14.8. The summed E-state index contributed by atoms with van der Waals surface area (Å²) in [7, 11) is 2.17. The molecule has 132 valence electrons. The second-order valence-electron chi connectivity index (χ2n) is 7.81. The molecular weight excluding hydrogens is 360 g/mol. The third-order valence-electron chi connectivity index (χ3n) is 6.32. The van der Waals surface area contributed by atoms with Crippen molar-refractivity contribution in [1.82, 2.24) is 4.40 Å². The zero-order valence-corrected chi connectivity index (χ0v) is 16.5. The van der Waals surface area contributed by atoms with Gasteiger partial charge in [-0.2, -0.15) is 4.57 Å². The molecule has 0 amide bonds. The van der Waals surface area contributed by atoms with Gasteiger partial charge in [0, 0.05) is 22.2 Å². The lowest BCUT2D eigenvalue weighted by Crippen LogP contribution is -2.28. The third-order valence-corrected chi connectivity index (χ3v) is 7.26. The summed E-state index contributed by atoms with van der Waals surface area (Å²) in [6.07, 6.45) is 2.21. The number of nitrogens with zero attached hydrogens (tertiary/aromatic N) is 2. The molecule has 28 heavy (non-hydrogen) atoms. The van der Waals surface area contributed by atoms with E-state index >= 15 is 0 Å². The van der Waals surface area contributed by atoms with E-state index in [1.54, 1.807) is 0 Å². The number of hydrogen-bond acceptors (Lipinski definition) is 1. The lowest BCUT2D eigenvalue weighted by molar-refractivity contribution is -0.644. The summed E-state index contributed by atoms with van der Waals surface area (Å²) in [6.45, 7) is 2.24. The predicted octanol–water partition coefficient (Wildman–Crippen LogP) is 6.34. The first-order valence-corrected chi connectivity index (χ1v) is 10.5. The number of hydrogen-bond donors (Lipinski definition) is 0. The van der Waals surface area contributed by atoms with Gasteiger partial charge in [0.2, 0.25) is 5.52 Å². The number of aromatic nitrogens is 2. The number of benzene rings is 3. The standard InChI is InChI=1S/C25H17N2S/c1-14-7-8-15-13-16-10-12-28-25(16)24-21(15)20(14)23-22-18(9-11-26(23)2)17-5-3-4-6-19(17)27(22)24/h3-13H,1-2H3/q+1. The fourth-order valence-electron chi connectivity index (χ4n) is 5.15. The average molecular weight is 377 g/mol. The van der Waals surface area contributed by atoms with Crippen LogP contribution in [0.25, 0.3) is 59.1 Å². The minimum atomic E-state index is 1.29. The van der Waals surface area contributed by atoms with Crippen molar-refractivity contribution in [2.45, 2.75) is 6.92 Å². The van der Waals surface area contributed by atoms with Crippen molar-refractivity contribution in [2.24, 2.45) is 7.05 Å². The Kier molecular flexibility index (Phi) is 2.55. The fourth-order valence-corrected chi connectivity index (χ4v) is 6.06. The van der Waals surface area contributed by atoms with E-state index in [1.165, 1.54) is 64.6 Å². The maximum Gasteiger partial charge on any atom is 0.238 e. The van der Waals surface area contributed by atoms with Gasteiger partial charge in [0.15, 0.2) is 6.20 Å². The maximum atomic E-state index is 2.52. The Labute approximate surface area is 165 Å². The maximum absolute atomic E-state index is 2.52. The molecule has 0 unspecified atom stereocenters. The lowest BCUT2D eigenvalue weighted by atomic mass is 9.97. The first-order chi connectivity index (χ1) is 13.7. The summed E-state index contributed by atoms with van der Waals surface area (Å²) in [4.78, 5) is 0. The van der Waals surface area contributed by atoms with Crippen LogP contribution >= 0.6 is 11.3 Å². The molecule has 0 saturated carbocycles. The number of pyridine rings is 2. The SMILES string of the molecule is Cc1ccc2cc3ccsc3c3c2c1c1c2c(cc[n+]1C)c1ccccc1n32. The van der Waals surface area contributed by atoms with E-state index in [4.69, 9.17) is 0 Å². The molecule has 4 aromatic heterocycles. The fraction of sp³-hybridized carbons (Fsp3) is 0.0800. The summed E-state index contributed by atoms with van der Waals surface area (Å²) in [6, 6.07) is 20.3. The molecule has 4 heterocycles. The molecule has 0 aliphatic heterocycles. The minimum absolute atomic E-state index is 1.29. The largest absolute Gasteiger partial charge is 0.301 e. The van der Waals surface area contributed by atoms with Crippen LogP contribution in [0.1, 0.15) is 5.56 Å². The summed E-state index contributed by atoms with van der Waals surface area (Å²) < 4.78 is 6.19. The number of aryl methyl sites for hydroxylation is 2. The van der Waals surface area contributed by atoms with Crippen molar-refractivity contribution in [3.05, 3.63) is 71.7 Å². The van der Waals surface area contributed by atoms with Crippen LogP contribution in [0.2, 0.25) is 0 Å². The molecule has 3 aromatic carbocycles. The number of fused-ring (bicyclic) bond motifs is 7. The Morgan fingerprint density at radius 3 is 2.68 bits per heavy atom. The number of para-hydroxylation sites is 1. The highest BCUT2D eigenvalue weighted by atomic mass is 32.1. The quantitative estimate of drug-likeness (QED) is 0.166. The van der Waals surface area contributed by atoms with Crippen LogP contribution in [-0.4, -0.2) is 4.40 Å². The van der Waals surface area contributed by atoms with Crippen molar-refractivity contribution in [3.63, 3.8) is 0 Å². The Bertz CT molecular complexity index is 1720. The summed E-state index contributed by atoms with van der Waals surface area (Å²) in [5, 5.41) is 10.3. The van der Waals surface area contributed by atoms with Gasteiger partial charge in [-0.3, -0.25) is 0 Å². The molecule has 0 spiro atoms. The molecule has 0 radical (unpaired) electrons. The Hall–Kier alpha value is -3.17. The second kappa shape index (κ2) is 4.81. The van der Waals surface area contributed by atoms with E-state index in [0.29, 0.717) is 0 Å². The van der Waals surface area contributed by atoms with Crippen LogP contribution in [-0.2, 0) is 7.05 Å². The topological polar surface area (TPSA) is 8.29 Å². The average Bonchev–Trinajstić information content (AvgIpc) is 3.31. The van der Waals surface area contributed by atoms with Crippen LogP contribution in [0.3, 0.4) is 0 Å². The van der Waals surface area contributed by atoms with E-state index < -0.39 is 0 Å². The zero-order valence-electron chi connectivity index (χ0n) is 15.7. The molecule has 0 atom stereocenters. The summed E-state index contributed by atoms with van der Waals surface area (Å²) >= 11 is 1.85. The zero-order chi connectivity index (χ0) is 18.6. The normalized spacial score (nSPS) is 12.6. The van der Waals surface area contributed by atoms with Gasteiger partial charge >= 0.3 is 0 Å². The van der Waals surface area contributed by atoms with Crippen molar-refractivity contribution in [3.8, 4) is 0 Å². The Morgan fingerprint density at radius 2 is 1.75 bits per heavy atom. The van der Waals surface area contributed by atoms with E-state index in [1.807, 2.05) is 11.3 Å². The van der Waals surface area contributed by atoms with Crippen LogP contribution in [0.5, 0.6) is 0 Å². The third kappa shape index (κ3) is 1.55. The van der Waals surface area contributed by atoms with E-state index in [2.05, 4.69) is 89.1 Å². The minimum Gasteiger partial charge on any atom is -0.301 e. The molecule has 0 aliphatic rings. The van der Waals surface area contributed by atoms with Gasteiger partial charge in [0.25, 0.3) is 0 Å². The monoisotopic (exact) mass is 377 g/mol. The molecule has 0 fully saturated rings. The molecule has 7 aromatic rings. The van der Waals surface area contributed by atoms with Gasteiger partial charge in [-0.15, -0.1) is 11.3 Å². The molecule has 2 nitrogen and oxygen atoms in total. The van der Waals surface area contributed by atoms with E-state index in [-0.39, 0.29) is 0 Å². The predicted molar refractivity (Wildman–Crippen MR) is 120 cm³/mol. The molecule has 0 saturated heterocycles. The Morgan fingerprint density at radius 1 is 0.857 bits per heavy atom. The lowest BCUT2D eigenvalue weighted by Gasteiger charge is -2.14. The van der Waals surface area contributed by atoms with Crippen molar-refractivity contribution in [1.29, 1.82) is 0 Å². The van der Waals surface area contributed by atoms with Gasteiger partial charge in [-0.25, -0.2) is 0 Å². The van der Waals surface area contributed by atoms with Crippen LogP contribution in [0.4, 0.5) is 0 Å². The smallest absolute Gasteiger partial charge is 0.238 e. The van der Waals surface area contributed by atoms with E-state index in [0.717, 1.165) is 0 Å².